The van der Waals surface area contributed by atoms with Gasteiger partial charge in [-0.05, 0) is 70.0 Å². The second kappa shape index (κ2) is 9.84. The van der Waals surface area contributed by atoms with Crippen LogP contribution in [0.5, 0.6) is 0 Å². The van der Waals surface area contributed by atoms with Crippen LogP contribution in [0, 0.1) is 11.8 Å². The van der Waals surface area contributed by atoms with E-state index >= 15 is 0 Å². The highest BCUT2D eigenvalue weighted by molar-refractivity contribution is 4.86. The summed E-state index contributed by atoms with van der Waals surface area (Å²) in [5, 5.41) is 3.86. The van der Waals surface area contributed by atoms with E-state index in [-0.39, 0.29) is 0 Å². The first-order valence-corrected chi connectivity index (χ1v) is 9.79. The number of nitrogens with zero attached hydrogens (tertiary/aromatic N) is 1. The molecule has 1 aliphatic carbocycles. The summed E-state index contributed by atoms with van der Waals surface area (Å²) in [5.74, 6) is 1.89. The Morgan fingerprint density at radius 1 is 0.952 bits per heavy atom. The van der Waals surface area contributed by atoms with Gasteiger partial charge in [0.1, 0.15) is 0 Å². The van der Waals surface area contributed by atoms with Crippen LogP contribution >= 0.6 is 0 Å². The predicted octanol–water partition coefficient (Wildman–Crippen LogP) is 4.45. The molecular formula is C19H38N2. The zero-order valence-electron chi connectivity index (χ0n) is 14.6. The Morgan fingerprint density at radius 3 is 2.33 bits per heavy atom. The largest absolute Gasteiger partial charge is 0.314 e. The fraction of sp³-hybridized carbons (Fsp3) is 1.00. The minimum absolute atomic E-state index is 0.790. The molecule has 1 aliphatic heterocycles. The van der Waals surface area contributed by atoms with E-state index in [1.54, 1.807) is 0 Å². The highest BCUT2D eigenvalue weighted by Crippen LogP contribution is 2.32. The molecule has 0 aromatic carbocycles. The maximum absolute atomic E-state index is 3.86. The van der Waals surface area contributed by atoms with E-state index < -0.39 is 0 Å². The Hall–Kier alpha value is -0.0800. The molecule has 0 bridgehead atoms. The van der Waals surface area contributed by atoms with Crippen LogP contribution in [-0.2, 0) is 0 Å². The van der Waals surface area contributed by atoms with Crippen molar-refractivity contribution in [2.45, 2.75) is 84.1 Å². The SMILES string of the molecule is CCCNC1CCC(CC)CC1CN1CCCCCCC1. The van der Waals surface area contributed by atoms with Gasteiger partial charge in [0.2, 0.25) is 0 Å². The van der Waals surface area contributed by atoms with Crippen LogP contribution in [0.4, 0.5) is 0 Å². The average molecular weight is 295 g/mol. The summed E-state index contributed by atoms with van der Waals surface area (Å²) in [5.41, 5.74) is 0. The lowest BCUT2D eigenvalue weighted by Gasteiger charge is -2.39. The van der Waals surface area contributed by atoms with Gasteiger partial charge in [-0.15, -0.1) is 0 Å². The maximum atomic E-state index is 3.86. The van der Waals surface area contributed by atoms with Crippen LogP contribution in [0.1, 0.15) is 78.1 Å². The van der Waals surface area contributed by atoms with Gasteiger partial charge in [-0.3, -0.25) is 0 Å². The minimum atomic E-state index is 0.790. The van der Waals surface area contributed by atoms with Crippen molar-refractivity contribution in [3.8, 4) is 0 Å². The van der Waals surface area contributed by atoms with E-state index in [2.05, 4.69) is 24.1 Å². The first kappa shape index (κ1) is 17.3. The van der Waals surface area contributed by atoms with Gasteiger partial charge in [0.15, 0.2) is 0 Å². The standard InChI is InChI=1S/C19H38N2/c1-3-12-20-19-11-10-17(4-2)15-18(19)16-21-13-8-6-5-7-9-14-21/h17-20H,3-16H2,1-2H3. The predicted molar refractivity (Wildman–Crippen MR) is 92.7 cm³/mol. The molecule has 1 saturated carbocycles. The zero-order chi connectivity index (χ0) is 14.9. The molecule has 0 radical (unpaired) electrons. The average Bonchev–Trinajstić information content (AvgIpc) is 2.48. The maximum Gasteiger partial charge on any atom is 0.0108 e. The molecule has 2 aliphatic rings. The lowest BCUT2D eigenvalue weighted by molar-refractivity contribution is 0.131. The summed E-state index contributed by atoms with van der Waals surface area (Å²) in [6, 6.07) is 0.790. The van der Waals surface area contributed by atoms with Gasteiger partial charge < -0.3 is 10.2 Å². The van der Waals surface area contributed by atoms with Crippen LogP contribution in [0.15, 0.2) is 0 Å². The van der Waals surface area contributed by atoms with E-state index in [9.17, 15) is 0 Å². The van der Waals surface area contributed by atoms with Gasteiger partial charge in [-0.25, -0.2) is 0 Å². The van der Waals surface area contributed by atoms with Crippen LogP contribution in [0.2, 0.25) is 0 Å². The molecule has 2 nitrogen and oxygen atoms in total. The number of hydrogen-bond acceptors (Lipinski definition) is 2. The summed E-state index contributed by atoms with van der Waals surface area (Å²) < 4.78 is 0. The molecule has 1 heterocycles. The highest BCUT2D eigenvalue weighted by Gasteiger charge is 2.30. The molecule has 0 aromatic heterocycles. The molecule has 3 unspecified atom stereocenters. The smallest absolute Gasteiger partial charge is 0.0108 e. The number of hydrogen-bond donors (Lipinski definition) is 1. The van der Waals surface area contributed by atoms with Crippen LogP contribution < -0.4 is 5.32 Å². The normalized spacial score (nSPS) is 32.6. The summed E-state index contributed by atoms with van der Waals surface area (Å²) in [4.78, 5) is 2.79. The van der Waals surface area contributed by atoms with Crippen molar-refractivity contribution in [1.29, 1.82) is 0 Å². The van der Waals surface area contributed by atoms with Crippen LogP contribution in [0.3, 0.4) is 0 Å². The van der Waals surface area contributed by atoms with E-state index in [1.165, 1.54) is 90.4 Å². The van der Waals surface area contributed by atoms with E-state index in [4.69, 9.17) is 0 Å². The second-order valence-electron chi connectivity index (χ2n) is 7.48. The molecule has 21 heavy (non-hydrogen) atoms. The summed E-state index contributed by atoms with van der Waals surface area (Å²) >= 11 is 0. The quantitative estimate of drug-likeness (QED) is 0.778. The van der Waals surface area contributed by atoms with E-state index in [0.29, 0.717) is 0 Å². The molecule has 0 aromatic rings. The van der Waals surface area contributed by atoms with Crippen molar-refractivity contribution in [3.05, 3.63) is 0 Å². The third kappa shape index (κ3) is 5.90. The number of rotatable bonds is 6. The molecule has 2 heteroatoms. The Labute approximate surface area is 133 Å². The van der Waals surface area contributed by atoms with E-state index in [0.717, 1.165) is 17.9 Å². The van der Waals surface area contributed by atoms with Gasteiger partial charge in [-0.2, -0.15) is 0 Å². The topological polar surface area (TPSA) is 15.3 Å². The minimum Gasteiger partial charge on any atom is -0.314 e. The van der Waals surface area contributed by atoms with Crippen molar-refractivity contribution in [2.75, 3.05) is 26.2 Å². The zero-order valence-corrected chi connectivity index (χ0v) is 14.6. The first-order valence-electron chi connectivity index (χ1n) is 9.79. The molecule has 1 N–H and O–H groups in total. The summed E-state index contributed by atoms with van der Waals surface area (Å²) in [6.07, 6.45) is 14.2. The summed E-state index contributed by atoms with van der Waals surface area (Å²) in [7, 11) is 0. The monoisotopic (exact) mass is 294 g/mol. The lowest BCUT2D eigenvalue weighted by atomic mass is 9.76. The van der Waals surface area contributed by atoms with Crippen molar-refractivity contribution in [2.24, 2.45) is 11.8 Å². The van der Waals surface area contributed by atoms with Crippen molar-refractivity contribution in [1.82, 2.24) is 10.2 Å². The van der Waals surface area contributed by atoms with Gasteiger partial charge in [0.05, 0.1) is 0 Å². The number of likely N-dealkylation sites (tertiary alicyclic amines) is 1. The Bertz CT molecular complexity index is 258. The van der Waals surface area contributed by atoms with Gasteiger partial charge >= 0.3 is 0 Å². The molecule has 3 atom stereocenters. The van der Waals surface area contributed by atoms with Gasteiger partial charge in [0.25, 0.3) is 0 Å². The Kier molecular flexibility index (Phi) is 8.10. The fourth-order valence-electron chi connectivity index (χ4n) is 4.36. The number of nitrogens with one attached hydrogen (secondary N) is 1. The molecule has 0 amide bonds. The third-order valence-corrected chi connectivity index (χ3v) is 5.77. The Morgan fingerprint density at radius 2 is 1.67 bits per heavy atom. The van der Waals surface area contributed by atoms with Gasteiger partial charge in [0, 0.05) is 12.6 Å². The highest BCUT2D eigenvalue weighted by atomic mass is 15.1. The Balaban J connectivity index is 1.87. The summed E-state index contributed by atoms with van der Waals surface area (Å²) in [6.45, 7) is 9.95. The fourth-order valence-corrected chi connectivity index (χ4v) is 4.36. The van der Waals surface area contributed by atoms with Crippen LogP contribution in [-0.4, -0.2) is 37.1 Å². The van der Waals surface area contributed by atoms with Crippen molar-refractivity contribution < 1.29 is 0 Å². The molecule has 2 rings (SSSR count). The molecule has 1 saturated heterocycles. The molecule has 2 fully saturated rings. The van der Waals surface area contributed by atoms with Crippen LogP contribution in [0.25, 0.3) is 0 Å². The molecule has 0 spiro atoms. The second-order valence-corrected chi connectivity index (χ2v) is 7.48. The molecule has 124 valence electrons. The first-order chi connectivity index (χ1) is 10.3. The van der Waals surface area contributed by atoms with Gasteiger partial charge in [-0.1, -0.05) is 39.5 Å². The van der Waals surface area contributed by atoms with E-state index in [1.807, 2.05) is 0 Å². The third-order valence-electron chi connectivity index (χ3n) is 5.77. The van der Waals surface area contributed by atoms with Crippen molar-refractivity contribution in [3.63, 3.8) is 0 Å². The van der Waals surface area contributed by atoms with Crippen molar-refractivity contribution >= 4 is 0 Å². The lowest BCUT2D eigenvalue weighted by Crippen LogP contribution is -2.46. The molecular weight excluding hydrogens is 256 g/mol.